The molecule has 6 N–H and O–H groups in total. The van der Waals surface area contributed by atoms with Crippen molar-refractivity contribution in [2.24, 2.45) is 4.99 Å². The number of nitrogens with one attached hydrogen (secondary N) is 1. The highest BCUT2D eigenvalue weighted by Gasteiger charge is 2.61. The summed E-state index contributed by atoms with van der Waals surface area (Å²) in [5.74, 6) is 2.10. The Bertz CT molecular complexity index is 2450. The Hall–Kier alpha value is -4.83. The molecule has 4 aromatic rings. The smallest absolute Gasteiger partial charge is 0.341 e. The van der Waals surface area contributed by atoms with Gasteiger partial charge in [0.15, 0.2) is 11.0 Å². The van der Waals surface area contributed by atoms with Crippen LogP contribution in [0.5, 0.6) is 11.5 Å². The second-order valence-electron chi connectivity index (χ2n) is 15.2. The molecular weight excluding hydrogens is 741 g/mol. The zero-order valence-electron chi connectivity index (χ0n) is 30.6. The minimum atomic E-state index is -1.16. The number of aryl methyl sites for hydroxylation is 2. The van der Waals surface area contributed by atoms with Gasteiger partial charge in [-0.15, -0.1) is 0 Å². The third-order valence-corrected chi connectivity index (χ3v) is 13.5. The number of esters is 1. The number of carbonyl (C=O) groups is 1. The number of epoxide rings is 1. The van der Waals surface area contributed by atoms with Gasteiger partial charge in [-0.05, 0) is 63.5 Å². The van der Waals surface area contributed by atoms with Crippen molar-refractivity contribution in [3.63, 3.8) is 0 Å². The number of hydrogen-bond acceptors (Lipinski definition) is 14. The van der Waals surface area contributed by atoms with Crippen LogP contribution in [0.1, 0.15) is 54.8 Å². The van der Waals surface area contributed by atoms with Crippen LogP contribution in [0.15, 0.2) is 68.1 Å². The lowest BCUT2D eigenvalue weighted by molar-refractivity contribution is -0.852. The number of aromatic nitrogens is 2. The summed E-state index contributed by atoms with van der Waals surface area (Å²) < 4.78 is 24.7. The van der Waals surface area contributed by atoms with Gasteiger partial charge < -0.3 is 35.2 Å². The summed E-state index contributed by atoms with van der Waals surface area (Å²) in [5.41, 5.74) is 17.8. The van der Waals surface area contributed by atoms with Crippen LogP contribution in [0.25, 0.3) is 22.2 Å². The zero-order valence-corrected chi connectivity index (χ0v) is 32.3. The zero-order chi connectivity index (χ0) is 38.2. The number of anilines is 2. The first-order valence-electron chi connectivity index (χ1n) is 18.3. The second-order valence-corrected chi connectivity index (χ2v) is 17.8. The molecule has 3 aromatic heterocycles. The van der Waals surface area contributed by atoms with Gasteiger partial charge in [0.1, 0.15) is 76.6 Å². The van der Waals surface area contributed by atoms with Crippen molar-refractivity contribution in [3.8, 4) is 22.8 Å². The van der Waals surface area contributed by atoms with E-state index in [2.05, 4.69) is 23.3 Å². The number of quaternary nitrogens is 1. The van der Waals surface area contributed by atoms with Crippen molar-refractivity contribution in [2.45, 2.75) is 82.2 Å². The van der Waals surface area contributed by atoms with Crippen LogP contribution < -0.4 is 26.5 Å². The van der Waals surface area contributed by atoms with Gasteiger partial charge in [-0.25, -0.2) is 14.8 Å². The van der Waals surface area contributed by atoms with Crippen molar-refractivity contribution in [1.29, 1.82) is 0 Å². The lowest BCUT2D eigenvalue weighted by atomic mass is 9.86. The van der Waals surface area contributed by atoms with Gasteiger partial charge in [-0.1, -0.05) is 21.6 Å². The molecule has 284 valence electrons. The molecule has 15 heteroatoms. The molecule has 1 fully saturated rings. The Labute approximate surface area is 324 Å². The highest BCUT2D eigenvalue weighted by Crippen LogP contribution is 2.47. The Morgan fingerprint density at radius 3 is 2.75 bits per heavy atom. The van der Waals surface area contributed by atoms with Crippen LogP contribution in [0, 0.1) is 6.92 Å². The Kier molecular flexibility index (Phi) is 8.75. The molecule has 0 saturated carbocycles. The van der Waals surface area contributed by atoms with E-state index >= 15 is 0 Å². The first kappa shape index (κ1) is 35.8. The van der Waals surface area contributed by atoms with Gasteiger partial charge in [0.05, 0.1) is 17.5 Å². The number of phenolic OH excluding ortho intramolecular Hbond substituents is 1. The first-order chi connectivity index (χ1) is 26.4. The number of fused-ring (bicyclic) bond motifs is 9. The van der Waals surface area contributed by atoms with Crippen molar-refractivity contribution in [2.75, 3.05) is 23.8 Å². The highest BCUT2D eigenvalue weighted by atomic mass is 33.1. The van der Waals surface area contributed by atoms with Crippen molar-refractivity contribution >= 4 is 56.4 Å². The van der Waals surface area contributed by atoms with Gasteiger partial charge >= 0.3 is 5.97 Å². The molecule has 0 spiro atoms. The van der Waals surface area contributed by atoms with Gasteiger partial charge in [0.25, 0.3) is 0 Å². The monoisotopic (exact) mass is 781 g/mol. The lowest BCUT2D eigenvalue weighted by Gasteiger charge is -2.42. The number of carbonyl (C=O) groups excluding carboxylic acids is 1. The summed E-state index contributed by atoms with van der Waals surface area (Å²) in [6, 6.07) is 8.95. The number of allylic oxidation sites excluding steroid dienone is 1. The molecule has 5 atom stereocenters. The molecule has 1 aromatic carbocycles. The largest absolute Gasteiger partial charge is 0.507 e. The fraction of sp³-hybridized carbons (Fsp3) is 0.375. The van der Waals surface area contributed by atoms with E-state index in [0.29, 0.717) is 66.0 Å². The predicted octanol–water partition coefficient (Wildman–Crippen LogP) is 4.36. The molecule has 55 heavy (non-hydrogen) atoms. The molecule has 1 saturated heterocycles. The van der Waals surface area contributed by atoms with Crippen LogP contribution in [-0.4, -0.2) is 63.0 Å². The van der Waals surface area contributed by atoms with E-state index in [1.54, 1.807) is 41.5 Å². The maximum atomic E-state index is 13.9. The Morgan fingerprint density at radius 1 is 1.05 bits per heavy atom. The molecule has 9 rings (SSSR count). The third-order valence-electron chi connectivity index (χ3n) is 11.2. The number of aromatic hydroxyl groups is 1. The number of nitrogen functional groups attached to an aromatic ring is 2. The van der Waals surface area contributed by atoms with Crippen molar-refractivity contribution in [1.82, 2.24) is 9.97 Å². The van der Waals surface area contributed by atoms with E-state index in [4.69, 9.17) is 40.1 Å². The number of benzene rings is 1. The van der Waals surface area contributed by atoms with Gasteiger partial charge in [0, 0.05) is 65.0 Å². The lowest BCUT2D eigenvalue weighted by Crippen LogP contribution is -3.04. The number of rotatable bonds is 2. The average molecular weight is 782 g/mol. The predicted molar refractivity (Wildman–Crippen MR) is 212 cm³/mol. The van der Waals surface area contributed by atoms with E-state index in [1.807, 2.05) is 25.3 Å². The fourth-order valence-electron chi connectivity index (χ4n) is 8.05. The van der Waals surface area contributed by atoms with E-state index < -0.39 is 23.3 Å². The number of ether oxygens (including phenoxy) is 3. The summed E-state index contributed by atoms with van der Waals surface area (Å²) in [6.45, 7) is 6.81. The Morgan fingerprint density at radius 2 is 1.91 bits per heavy atom. The molecule has 0 aliphatic carbocycles. The minimum absolute atomic E-state index is 0.0676. The third kappa shape index (κ3) is 6.56. The topological polar surface area (TPSA) is 193 Å². The van der Waals surface area contributed by atoms with Gasteiger partial charge in [-0.2, -0.15) is 0 Å². The number of aliphatic imine (C=N–C) groups is 1. The van der Waals surface area contributed by atoms with Crippen LogP contribution >= 0.6 is 21.6 Å². The van der Waals surface area contributed by atoms with Crippen LogP contribution in [-0.2, 0) is 39.4 Å². The second kappa shape index (κ2) is 13.4. The quantitative estimate of drug-likeness (QED) is 0.128. The minimum Gasteiger partial charge on any atom is -0.507 e. The maximum absolute atomic E-state index is 13.9. The van der Waals surface area contributed by atoms with Crippen LogP contribution in [0.4, 0.5) is 11.6 Å². The van der Waals surface area contributed by atoms with Crippen LogP contribution in [0.3, 0.4) is 0 Å². The molecule has 8 heterocycles. The summed E-state index contributed by atoms with van der Waals surface area (Å²) >= 11 is 0. The van der Waals surface area contributed by atoms with Gasteiger partial charge in [-0.3, -0.25) is 14.7 Å². The van der Waals surface area contributed by atoms with E-state index in [-0.39, 0.29) is 34.7 Å². The first-order valence-corrected chi connectivity index (χ1v) is 20.8. The Balaban J connectivity index is 1.04. The summed E-state index contributed by atoms with van der Waals surface area (Å²) in [5, 5.41) is 11.4. The van der Waals surface area contributed by atoms with E-state index in [0.717, 1.165) is 40.3 Å². The van der Waals surface area contributed by atoms with E-state index in [9.17, 15) is 14.7 Å². The number of pyridine rings is 2. The molecule has 13 nitrogen and oxygen atoms in total. The molecule has 0 radical (unpaired) electrons. The SMILES string of the molecule is Cc1cc(=O)c2c(O)c3c(cc2o1)O[C@@]1(C)CCSSCc2c(cc(C[NH+]4C=C5N=CC=C5C4)nc2N)-c2cc(cc(N)n2)CC[C@H]2O[C@]2(C)C(=O)O[C@@H]1C3. The molecule has 5 aliphatic rings. The highest BCUT2D eigenvalue weighted by molar-refractivity contribution is 8.76. The standard InChI is InChI=1S/C40H40N6O7S2/c1-20-10-29(47)35-31(50-20)15-30-25(36(35)48)14-33-39(2,52-30)7-9-54-55-19-26-24(13-23(44-37(26)42)17-46-16-22-6-8-43-28(22)18-46)27-11-21(12-34(41)45-27)4-5-32-40(3,53-32)38(49)51-33/h6,8,10-13,15,18,32-33,48H,4-5,7,9,14,16-17,19H2,1-3H3,(H2,41,45)(H2,42,44)/p+1/t32-,33-,39+,40+/m1/s1. The number of nitrogens with zero attached hydrogens (tertiary/aromatic N) is 3. The summed E-state index contributed by atoms with van der Waals surface area (Å²) in [6.07, 6.45) is 6.63. The molecular formula is C40H41N6O7S2+. The number of hydrogen-bond donors (Lipinski definition) is 4. The number of phenols is 1. The van der Waals surface area contributed by atoms with Gasteiger partial charge in [0.2, 0.25) is 0 Å². The molecule has 0 amide bonds. The van der Waals surface area contributed by atoms with Crippen LogP contribution in [0.2, 0.25) is 0 Å². The molecule has 5 aliphatic heterocycles. The van der Waals surface area contributed by atoms with E-state index in [1.165, 1.54) is 16.5 Å². The summed E-state index contributed by atoms with van der Waals surface area (Å²) in [4.78, 5) is 42.1. The van der Waals surface area contributed by atoms with Crippen molar-refractivity contribution < 1.29 is 33.4 Å². The maximum Gasteiger partial charge on any atom is 0.341 e. The average Bonchev–Trinajstić information content (AvgIpc) is 3.37. The normalized spacial score (nSPS) is 27.3. The number of nitrogens with two attached hydrogens (primary N) is 2. The molecule has 1 unspecified atom stereocenters. The molecule has 2 bridgehead atoms. The fourth-order valence-corrected chi connectivity index (χ4v) is 10.4. The van der Waals surface area contributed by atoms with Crippen molar-refractivity contribution in [3.05, 3.63) is 92.2 Å². The summed E-state index contributed by atoms with van der Waals surface area (Å²) in [7, 11) is 3.28.